The number of hydrogen-bond acceptors (Lipinski definition) is 1. The molecule has 0 amide bonds. The fourth-order valence-electron chi connectivity index (χ4n) is 1.05. The number of carbonyl (C=O) groups excluding carboxylic acids is 1. The van der Waals surface area contributed by atoms with Crippen molar-refractivity contribution in [2.24, 2.45) is 0 Å². The first-order valence-corrected chi connectivity index (χ1v) is 4.99. The number of hydrogen-bond donors (Lipinski definition) is 0. The van der Waals surface area contributed by atoms with E-state index in [1.54, 1.807) is 12.1 Å². The van der Waals surface area contributed by atoms with Crippen LogP contribution >= 0.6 is 15.9 Å². The van der Waals surface area contributed by atoms with Crippen molar-refractivity contribution >= 4 is 22.2 Å². The molecule has 0 aliphatic carbocycles. The van der Waals surface area contributed by atoms with Crippen LogP contribution in [-0.2, 0) is 4.79 Å². The molecule has 1 rings (SSSR count). The molecule has 0 aromatic heterocycles. The minimum atomic E-state index is -0.237. The number of aldehydes is 1. The monoisotopic (exact) mass is 244 g/mol. The third-order valence-corrected chi connectivity index (χ3v) is 2.76. The summed E-state index contributed by atoms with van der Waals surface area (Å²) in [6, 6.07) is 6.29. The Morgan fingerprint density at radius 1 is 1.38 bits per heavy atom. The first-order valence-electron chi connectivity index (χ1n) is 4.07. The summed E-state index contributed by atoms with van der Waals surface area (Å²) in [5.74, 6) is -0.237. The molecule has 13 heavy (non-hydrogen) atoms. The normalized spacial score (nSPS) is 12.5. The van der Waals surface area contributed by atoms with Gasteiger partial charge >= 0.3 is 0 Å². The van der Waals surface area contributed by atoms with Gasteiger partial charge in [0, 0.05) is 11.2 Å². The Balaban J connectivity index is 2.60. The molecule has 0 fully saturated rings. The third-order valence-electron chi connectivity index (χ3n) is 1.77. The molecular formula is C10H10BrFO. The molecule has 0 aliphatic rings. The molecule has 0 bridgehead atoms. The summed E-state index contributed by atoms with van der Waals surface area (Å²) in [4.78, 5) is 10.3. The molecule has 0 radical (unpaired) electrons. The summed E-state index contributed by atoms with van der Waals surface area (Å²) >= 11 is 3.43. The van der Waals surface area contributed by atoms with Crippen molar-refractivity contribution in [1.82, 2.24) is 0 Å². The Morgan fingerprint density at radius 2 is 2.00 bits per heavy atom. The summed E-state index contributed by atoms with van der Waals surface area (Å²) in [6.45, 7) is 0. The summed E-state index contributed by atoms with van der Waals surface area (Å²) in [5, 5.41) is 0. The van der Waals surface area contributed by atoms with Crippen molar-refractivity contribution in [2.75, 3.05) is 0 Å². The summed E-state index contributed by atoms with van der Waals surface area (Å²) < 4.78 is 12.5. The van der Waals surface area contributed by atoms with Crippen LogP contribution < -0.4 is 0 Å². The van der Waals surface area contributed by atoms with Crippen LogP contribution in [0.5, 0.6) is 0 Å². The lowest BCUT2D eigenvalue weighted by atomic mass is 10.1. The zero-order chi connectivity index (χ0) is 9.68. The minimum absolute atomic E-state index is 0.137. The minimum Gasteiger partial charge on any atom is -0.303 e. The topological polar surface area (TPSA) is 17.1 Å². The van der Waals surface area contributed by atoms with Crippen molar-refractivity contribution in [3.8, 4) is 0 Å². The Labute approximate surface area is 85.1 Å². The van der Waals surface area contributed by atoms with Gasteiger partial charge in [0.1, 0.15) is 12.1 Å². The maximum atomic E-state index is 12.5. The van der Waals surface area contributed by atoms with Crippen LogP contribution in [0.4, 0.5) is 4.39 Å². The van der Waals surface area contributed by atoms with Crippen LogP contribution in [0.3, 0.4) is 0 Å². The number of rotatable bonds is 4. The van der Waals surface area contributed by atoms with Crippen molar-refractivity contribution in [1.29, 1.82) is 0 Å². The highest BCUT2D eigenvalue weighted by atomic mass is 79.9. The number of alkyl halides is 1. The van der Waals surface area contributed by atoms with Crippen molar-refractivity contribution in [2.45, 2.75) is 17.7 Å². The van der Waals surface area contributed by atoms with Gasteiger partial charge in [0.2, 0.25) is 0 Å². The Kier molecular flexibility index (Phi) is 4.09. The van der Waals surface area contributed by atoms with Crippen molar-refractivity contribution < 1.29 is 9.18 Å². The molecule has 0 saturated carbocycles. The van der Waals surface area contributed by atoms with Crippen LogP contribution in [0.2, 0.25) is 0 Å². The van der Waals surface area contributed by atoms with Gasteiger partial charge in [-0.2, -0.15) is 0 Å². The molecule has 3 heteroatoms. The Bertz CT molecular complexity index is 271. The average molecular weight is 245 g/mol. The van der Waals surface area contributed by atoms with E-state index >= 15 is 0 Å². The number of benzene rings is 1. The molecular weight excluding hydrogens is 235 g/mol. The van der Waals surface area contributed by atoms with E-state index in [2.05, 4.69) is 15.9 Å². The van der Waals surface area contributed by atoms with Crippen LogP contribution in [0.1, 0.15) is 23.2 Å². The lowest BCUT2D eigenvalue weighted by Crippen LogP contribution is -1.90. The fraction of sp³-hybridized carbons (Fsp3) is 0.300. The molecule has 1 aromatic carbocycles. The maximum absolute atomic E-state index is 12.5. The van der Waals surface area contributed by atoms with E-state index in [1.165, 1.54) is 12.1 Å². The molecule has 70 valence electrons. The third kappa shape index (κ3) is 3.27. The highest BCUT2D eigenvalue weighted by molar-refractivity contribution is 9.09. The first-order chi connectivity index (χ1) is 6.24. The second-order valence-electron chi connectivity index (χ2n) is 2.76. The lowest BCUT2D eigenvalue weighted by Gasteiger charge is -2.07. The van der Waals surface area contributed by atoms with Crippen LogP contribution in [0.25, 0.3) is 0 Å². The van der Waals surface area contributed by atoms with Crippen LogP contribution in [0, 0.1) is 5.82 Å². The first kappa shape index (κ1) is 10.4. The average Bonchev–Trinajstić information content (AvgIpc) is 2.15. The highest BCUT2D eigenvalue weighted by Crippen LogP contribution is 2.27. The van der Waals surface area contributed by atoms with Gasteiger partial charge in [0.15, 0.2) is 0 Å². The predicted octanol–water partition coefficient (Wildman–Crippen LogP) is 3.24. The van der Waals surface area contributed by atoms with Crippen LogP contribution in [0.15, 0.2) is 24.3 Å². The summed E-state index contributed by atoms with van der Waals surface area (Å²) in [7, 11) is 0. The molecule has 0 spiro atoms. The van der Waals surface area contributed by atoms with Gasteiger partial charge in [-0.1, -0.05) is 28.1 Å². The van der Waals surface area contributed by atoms with Gasteiger partial charge in [0.25, 0.3) is 0 Å². The predicted molar refractivity (Wildman–Crippen MR) is 53.4 cm³/mol. The van der Waals surface area contributed by atoms with Gasteiger partial charge in [-0.15, -0.1) is 0 Å². The number of carbonyl (C=O) groups is 1. The highest BCUT2D eigenvalue weighted by Gasteiger charge is 2.06. The zero-order valence-electron chi connectivity index (χ0n) is 7.04. The molecule has 1 nitrogen and oxygen atoms in total. The zero-order valence-corrected chi connectivity index (χ0v) is 8.63. The molecule has 0 N–H and O–H groups in total. The standard InChI is InChI=1S/C10H10BrFO/c11-10(2-1-7-13)8-3-5-9(12)6-4-8/h3-7,10H,1-2H2/t10-/m0/s1. The van der Waals surface area contributed by atoms with Crippen LogP contribution in [-0.4, -0.2) is 6.29 Å². The van der Waals surface area contributed by atoms with E-state index in [-0.39, 0.29) is 10.6 Å². The molecule has 0 heterocycles. The molecule has 0 aliphatic heterocycles. The summed E-state index contributed by atoms with van der Waals surface area (Å²) in [5.41, 5.74) is 1.00. The quantitative estimate of drug-likeness (QED) is 0.587. The maximum Gasteiger partial charge on any atom is 0.123 e. The van der Waals surface area contributed by atoms with Gasteiger partial charge in [-0.05, 0) is 24.1 Å². The van der Waals surface area contributed by atoms with E-state index in [0.29, 0.717) is 6.42 Å². The molecule has 1 aromatic rings. The molecule has 1 atom stereocenters. The summed E-state index contributed by atoms with van der Waals surface area (Å²) in [6.07, 6.45) is 2.15. The SMILES string of the molecule is O=CCC[C@H](Br)c1ccc(F)cc1. The van der Waals surface area contributed by atoms with Gasteiger partial charge in [0.05, 0.1) is 0 Å². The van der Waals surface area contributed by atoms with E-state index in [9.17, 15) is 9.18 Å². The van der Waals surface area contributed by atoms with E-state index in [1.807, 2.05) is 0 Å². The number of halogens is 2. The Hall–Kier alpha value is -0.700. The lowest BCUT2D eigenvalue weighted by molar-refractivity contribution is -0.107. The van der Waals surface area contributed by atoms with Gasteiger partial charge < -0.3 is 4.79 Å². The fourth-order valence-corrected chi connectivity index (χ4v) is 1.62. The second kappa shape index (κ2) is 5.12. The van der Waals surface area contributed by atoms with Gasteiger partial charge in [-0.25, -0.2) is 4.39 Å². The Morgan fingerprint density at radius 3 is 2.54 bits per heavy atom. The van der Waals surface area contributed by atoms with E-state index in [0.717, 1.165) is 18.3 Å². The van der Waals surface area contributed by atoms with Crippen molar-refractivity contribution in [3.05, 3.63) is 35.6 Å². The van der Waals surface area contributed by atoms with Gasteiger partial charge in [-0.3, -0.25) is 0 Å². The second-order valence-corrected chi connectivity index (χ2v) is 3.87. The van der Waals surface area contributed by atoms with E-state index in [4.69, 9.17) is 0 Å². The van der Waals surface area contributed by atoms with E-state index < -0.39 is 0 Å². The molecule has 0 unspecified atom stereocenters. The largest absolute Gasteiger partial charge is 0.303 e. The van der Waals surface area contributed by atoms with Crippen molar-refractivity contribution in [3.63, 3.8) is 0 Å². The molecule has 0 saturated heterocycles. The smallest absolute Gasteiger partial charge is 0.123 e.